The number of nitrogens with one attached hydrogen (secondary N) is 1. The molecule has 5 rings (SSSR count). The maximum absolute atomic E-state index is 13.0. The monoisotopic (exact) mass is 506 g/mol. The summed E-state index contributed by atoms with van der Waals surface area (Å²) in [6.45, 7) is 0.309. The van der Waals surface area contributed by atoms with Gasteiger partial charge in [0, 0.05) is 22.3 Å². The molecule has 0 bridgehead atoms. The van der Waals surface area contributed by atoms with Gasteiger partial charge >= 0.3 is 0 Å². The van der Waals surface area contributed by atoms with Crippen LogP contribution in [0.4, 0.5) is 0 Å². The van der Waals surface area contributed by atoms with Gasteiger partial charge in [-0.2, -0.15) is 10.2 Å². The zero-order chi connectivity index (χ0) is 25.5. The Morgan fingerprint density at radius 1 is 0.892 bits per heavy atom. The molecule has 0 unspecified atom stereocenters. The second-order valence-corrected chi connectivity index (χ2v) is 8.63. The third kappa shape index (κ3) is 5.94. The van der Waals surface area contributed by atoms with Crippen LogP contribution in [0.25, 0.3) is 16.9 Å². The average molecular weight is 507 g/mol. The van der Waals surface area contributed by atoms with Crippen LogP contribution in [0, 0.1) is 0 Å². The van der Waals surface area contributed by atoms with E-state index in [-0.39, 0.29) is 5.91 Å². The molecule has 0 atom stereocenters. The number of halogens is 1. The third-order valence-electron chi connectivity index (χ3n) is 5.62. The molecular weight excluding hydrogens is 484 g/mol. The molecular formula is C30H23ClN4O2. The van der Waals surface area contributed by atoms with E-state index in [2.05, 4.69) is 10.5 Å². The van der Waals surface area contributed by atoms with Gasteiger partial charge in [0.05, 0.1) is 17.5 Å². The molecule has 0 aliphatic rings. The van der Waals surface area contributed by atoms with Gasteiger partial charge in [-0.15, -0.1) is 0 Å². The molecule has 4 aromatic carbocycles. The van der Waals surface area contributed by atoms with Crippen molar-refractivity contribution in [3.63, 3.8) is 0 Å². The van der Waals surface area contributed by atoms with Gasteiger partial charge < -0.3 is 4.74 Å². The Labute approximate surface area is 219 Å². The predicted octanol–water partition coefficient (Wildman–Crippen LogP) is 6.54. The molecule has 0 saturated heterocycles. The molecule has 0 fully saturated rings. The van der Waals surface area contributed by atoms with Crippen molar-refractivity contribution in [3.8, 4) is 22.7 Å². The molecule has 0 spiro atoms. The second kappa shape index (κ2) is 11.4. The number of carbonyl (C=O) groups excluding carboxylic acids is 1. The lowest BCUT2D eigenvalue weighted by Crippen LogP contribution is -2.18. The molecule has 6 nitrogen and oxygen atoms in total. The zero-order valence-electron chi connectivity index (χ0n) is 19.8. The summed E-state index contributed by atoms with van der Waals surface area (Å²) in [7, 11) is 0. The number of nitrogens with zero attached hydrogens (tertiary/aromatic N) is 3. The topological polar surface area (TPSA) is 68.5 Å². The lowest BCUT2D eigenvalue weighted by atomic mass is 10.1. The largest absolute Gasteiger partial charge is 0.488 e. The number of ether oxygens (including phenoxy) is 1. The molecule has 0 saturated carbocycles. The zero-order valence-corrected chi connectivity index (χ0v) is 20.5. The van der Waals surface area contributed by atoms with Gasteiger partial charge in [0.15, 0.2) is 0 Å². The van der Waals surface area contributed by atoms with E-state index in [1.807, 2.05) is 85.1 Å². The fraction of sp³-hybridized carbons (Fsp3) is 0.0333. The number of para-hydroxylation sites is 2. The summed E-state index contributed by atoms with van der Waals surface area (Å²) in [5, 5.41) is 9.65. The van der Waals surface area contributed by atoms with Crippen molar-refractivity contribution in [2.75, 3.05) is 0 Å². The Morgan fingerprint density at radius 2 is 1.57 bits per heavy atom. The number of benzene rings is 4. The summed E-state index contributed by atoms with van der Waals surface area (Å²) in [6, 6.07) is 34.1. The fourth-order valence-corrected chi connectivity index (χ4v) is 3.88. The summed E-state index contributed by atoms with van der Waals surface area (Å²) < 4.78 is 7.71. The number of amides is 1. The highest BCUT2D eigenvalue weighted by atomic mass is 35.5. The smallest absolute Gasteiger partial charge is 0.275 e. The molecule has 1 N–H and O–H groups in total. The van der Waals surface area contributed by atoms with Crippen LogP contribution in [0.1, 0.15) is 21.5 Å². The van der Waals surface area contributed by atoms with Gasteiger partial charge in [-0.1, -0.05) is 84.4 Å². The van der Waals surface area contributed by atoms with Crippen molar-refractivity contribution in [1.29, 1.82) is 0 Å². The third-order valence-corrected chi connectivity index (χ3v) is 5.87. The molecule has 182 valence electrons. The van der Waals surface area contributed by atoms with Gasteiger partial charge in [0.2, 0.25) is 0 Å². The highest BCUT2D eigenvalue weighted by molar-refractivity contribution is 6.30. The number of carbonyl (C=O) groups is 1. The summed E-state index contributed by atoms with van der Waals surface area (Å²) in [4.78, 5) is 13.0. The van der Waals surface area contributed by atoms with Crippen LogP contribution < -0.4 is 10.2 Å². The van der Waals surface area contributed by atoms with Crippen LogP contribution in [-0.2, 0) is 6.61 Å². The van der Waals surface area contributed by atoms with E-state index in [9.17, 15) is 4.79 Å². The Hall–Kier alpha value is -4.68. The first-order valence-electron chi connectivity index (χ1n) is 11.7. The maximum atomic E-state index is 13.0. The Bertz CT molecular complexity index is 1510. The van der Waals surface area contributed by atoms with Crippen molar-refractivity contribution in [1.82, 2.24) is 15.2 Å². The van der Waals surface area contributed by atoms with Crippen LogP contribution in [0.15, 0.2) is 120 Å². The minimum Gasteiger partial charge on any atom is -0.488 e. The molecule has 1 amide bonds. The Balaban J connectivity index is 1.34. The minimum atomic E-state index is -0.375. The summed E-state index contributed by atoms with van der Waals surface area (Å²) in [5.41, 5.74) is 7.35. The molecule has 5 aromatic rings. The van der Waals surface area contributed by atoms with Crippen LogP contribution in [-0.4, -0.2) is 21.9 Å². The number of hydrogen-bond acceptors (Lipinski definition) is 4. The van der Waals surface area contributed by atoms with Crippen LogP contribution in [0.2, 0.25) is 5.02 Å². The van der Waals surface area contributed by atoms with E-state index in [1.54, 1.807) is 41.2 Å². The highest BCUT2D eigenvalue weighted by Crippen LogP contribution is 2.23. The molecule has 1 aromatic heterocycles. The number of aromatic nitrogens is 2. The normalized spacial score (nSPS) is 10.9. The van der Waals surface area contributed by atoms with Gasteiger partial charge in [0.1, 0.15) is 18.1 Å². The average Bonchev–Trinajstić information content (AvgIpc) is 3.38. The maximum Gasteiger partial charge on any atom is 0.275 e. The van der Waals surface area contributed by atoms with Crippen molar-refractivity contribution in [2.24, 2.45) is 5.10 Å². The van der Waals surface area contributed by atoms with E-state index in [4.69, 9.17) is 21.4 Å². The summed E-state index contributed by atoms with van der Waals surface area (Å²) in [5.74, 6) is 0.0895. The van der Waals surface area contributed by atoms with E-state index >= 15 is 0 Å². The van der Waals surface area contributed by atoms with Crippen molar-refractivity contribution in [2.45, 2.75) is 6.61 Å². The Kier molecular flexibility index (Phi) is 7.39. The van der Waals surface area contributed by atoms with Crippen LogP contribution in [0.5, 0.6) is 5.75 Å². The molecule has 7 heteroatoms. The summed E-state index contributed by atoms with van der Waals surface area (Å²) >= 11 is 5.95. The quantitative estimate of drug-likeness (QED) is 0.192. The highest BCUT2D eigenvalue weighted by Gasteiger charge is 2.13. The molecule has 0 aliphatic heterocycles. The molecule has 0 radical (unpaired) electrons. The Morgan fingerprint density at radius 3 is 2.32 bits per heavy atom. The van der Waals surface area contributed by atoms with Gasteiger partial charge in [-0.3, -0.25) is 4.79 Å². The molecule has 0 aliphatic carbocycles. The predicted molar refractivity (Wildman–Crippen MR) is 146 cm³/mol. The first-order valence-corrected chi connectivity index (χ1v) is 12.1. The first kappa shape index (κ1) is 24.0. The number of hydrazone groups is 1. The SMILES string of the molecule is O=C(N/N=C/c1cn(-c2ccccc2)nc1-c1ccccc1)c1ccccc1OCc1ccc(Cl)cc1. The molecule has 37 heavy (non-hydrogen) atoms. The minimum absolute atomic E-state index is 0.309. The van der Waals surface area contributed by atoms with Gasteiger partial charge in [-0.05, 0) is 42.0 Å². The van der Waals surface area contributed by atoms with E-state index in [0.717, 1.165) is 28.1 Å². The standard InChI is InChI=1S/C30H23ClN4O2/c31-25-17-15-22(16-18-25)21-37-28-14-8-7-13-27(28)30(36)33-32-19-24-20-35(26-11-5-2-6-12-26)34-29(24)23-9-3-1-4-10-23/h1-20H,21H2,(H,33,36)/b32-19+. The summed E-state index contributed by atoms with van der Waals surface area (Å²) in [6.07, 6.45) is 3.49. The van der Waals surface area contributed by atoms with E-state index < -0.39 is 0 Å². The molecule has 1 heterocycles. The number of rotatable bonds is 8. The van der Waals surface area contributed by atoms with Gasteiger partial charge in [-0.25, -0.2) is 10.1 Å². The van der Waals surface area contributed by atoms with E-state index in [1.165, 1.54) is 0 Å². The van der Waals surface area contributed by atoms with Crippen molar-refractivity contribution >= 4 is 23.7 Å². The van der Waals surface area contributed by atoms with Crippen molar-refractivity contribution in [3.05, 3.63) is 137 Å². The lowest BCUT2D eigenvalue weighted by molar-refractivity contribution is 0.0950. The number of hydrogen-bond donors (Lipinski definition) is 1. The van der Waals surface area contributed by atoms with Gasteiger partial charge in [0.25, 0.3) is 5.91 Å². The first-order chi connectivity index (χ1) is 18.2. The van der Waals surface area contributed by atoms with Crippen LogP contribution >= 0.6 is 11.6 Å². The lowest BCUT2D eigenvalue weighted by Gasteiger charge is -2.10. The van der Waals surface area contributed by atoms with Crippen LogP contribution in [0.3, 0.4) is 0 Å². The second-order valence-electron chi connectivity index (χ2n) is 8.19. The van der Waals surface area contributed by atoms with Crippen molar-refractivity contribution < 1.29 is 9.53 Å². The fourth-order valence-electron chi connectivity index (χ4n) is 3.76. The van der Waals surface area contributed by atoms with E-state index in [0.29, 0.717) is 22.9 Å².